The number of hydrogen-bond acceptors (Lipinski definition) is 0. The molecule has 2 aliphatic rings. The summed E-state index contributed by atoms with van der Waals surface area (Å²) < 4.78 is 0. The quantitative estimate of drug-likeness (QED) is 0.591. The maximum Gasteiger partial charge on any atom is 0.114 e. The summed E-state index contributed by atoms with van der Waals surface area (Å²) in [5.74, 6) is 0.518. The van der Waals surface area contributed by atoms with Crippen molar-refractivity contribution in [1.82, 2.24) is 0 Å². The Kier molecular flexibility index (Phi) is 1.71. The van der Waals surface area contributed by atoms with Crippen LogP contribution in [-0.2, 0) is 0 Å². The van der Waals surface area contributed by atoms with E-state index in [4.69, 9.17) is 7.85 Å². The summed E-state index contributed by atoms with van der Waals surface area (Å²) in [6, 6.07) is 12.9. The lowest BCUT2D eigenvalue weighted by Crippen LogP contribution is -2.13. The van der Waals surface area contributed by atoms with E-state index in [0.29, 0.717) is 5.92 Å². The molecule has 0 aromatic heterocycles. The SMILES string of the molecule is [B]c1ccc2c3c1C=CCC3c1ccccc1-2. The molecule has 2 aromatic carbocycles. The van der Waals surface area contributed by atoms with Crippen molar-refractivity contribution in [3.8, 4) is 11.1 Å². The second kappa shape index (κ2) is 3.13. The molecular formula is C16H11B. The van der Waals surface area contributed by atoms with Crippen LogP contribution >= 0.6 is 0 Å². The highest BCUT2D eigenvalue weighted by atomic mass is 14.3. The van der Waals surface area contributed by atoms with Crippen molar-refractivity contribution in [2.24, 2.45) is 0 Å². The predicted octanol–water partition coefficient (Wildman–Crippen LogP) is 3.01. The molecule has 2 aliphatic carbocycles. The lowest BCUT2D eigenvalue weighted by molar-refractivity contribution is 0.845. The van der Waals surface area contributed by atoms with Crippen LogP contribution in [0.2, 0.25) is 0 Å². The van der Waals surface area contributed by atoms with Crippen LogP contribution in [0, 0.1) is 0 Å². The maximum absolute atomic E-state index is 6.08. The van der Waals surface area contributed by atoms with Gasteiger partial charge in [0, 0.05) is 5.92 Å². The lowest BCUT2D eigenvalue weighted by atomic mass is 9.79. The molecule has 0 saturated carbocycles. The number of benzene rings is 2. The van der Waals surface area contributed by atoms with E-state index in [1.54, 1.807) is 0 Å². The first-order chi connectivity index (χ1) is 8.36. The molecule has 0 heterocycles. The van der Waals surface area contributed by atoms with E-state index in [1.165, 1.54) is 27.8 Å². The van der Waals surface area contributed by atoms with Crippen LogP contribution in [0.3, 0.4) is 0 Å². The van der Waals surface area contributed by atoms with Crippen LogP contribution in [0.25, 0.3) is 17.2 Å². The highest BCUT2D eigenvalue weighted by Crippen LogP contribution is 2.49. The first-order valence-electron chi connectivity index (χ1n) is 6.04. The molecule has 0 nitrogen and oxygen atoms in total. The summed E-state index contributed by atoms with van der Waals surface area (Å²) in [5, 5.41) is 0. The molecule has 0 saturated heterocycles. The summed E-state index contributed by atoms with van der Waals surface area (Å²) in [5.41, 5.74) is 7.79. The summed E-state index contributed by atoms with van der Waals surface area (Å²) in [6.07, 6.45) is 5.52. The van der Waals surface area contributed by atoms with Crippen molar-refractivity contribution in [2.75, 3.05) is 0 Å². The minimum Gasteiger partial charge on any atom is -0.0892 e. The average molecular weight is 214 g/mol. The largest absolute Gasteiger partial charge is 0.114 e. The Morgan fingerprint density at radius 1 is 1.00 bits per heavy atom. The van der Waals surface area contributed by atoms with Crippen LogP contribution in [0.15, 0.2) is 42.5 Å². The van der Waals surface area contributed by atoms with Crippen molar-refractivity contribution in [2.45, 2.75) is 12.3 Å². The van der Waals surface area contributed by atoms with Gasteiger partial charge in [-0.1, -0.05) is 54.0 Å². The molecule has 2 aromatic rings. The van der Waals surface area contributed by atoms with Gasteiger partial charge in [0.15, 0.2) is 0 Å². The first-order valence-corrected chi connectivity index (χ1v) is 6.04. The Morgan fingerprint density at radius 2 is 1.88 bits per heavy atom. The van der Waals surface area contributed by atoms with Gasteiger partial charge in [-0.25, -0.2) is 0 Å². The normalized spacial score (nSPS) is 18.9. The van der Waals surface area contributed by atoms with Crippen molar-refractivity contribution in [3.05, 3.63) is 59.2 Å². The second-order valence-electron chi connectivity index (χ2n) is 4.81. The fourth-order valence-corrected chi connectivity index (χ4v) is 3.22. The van der Waals surface area contributed by atoms with Gasteiger partial charge in [-0.3, -0.25) is 0 Å². The molecule has 1 atom stereocenters. The van der Waals surface area contributed by atoms with Crippen LogP contribution < -0.4 is 5.46 Å². The first kappa shape index (κ1) is 9.29. The van der Waals surface area contributed by atoms with E-state index in [2.05, 4.69) is 42.5 Å². The van der Waals surface area contributed by atoms with Crippen molar-refractivity contribution in [1.29, 1.82) is 0 Å². The Bertz CT molecular complexity index is 653. The average Bonchev–Trinajstić information content (AvgIpc) is 2.70. The Morgan fingerprint density at radius 3 is 2.82 bits per heavy atom. The standard InChI is InChI=1S/C16H11B/c17-15-9-8-13-11-5-2-1-4-10(11)12-6-3-7-14(15)16(12)13/h1-5,7-9,12H,6H2. The smallest absolute Gasteiger partial charge is 0.0892 e. The van der Waals surface area contributed by atoms with Crippen LogP contribution in [0.4, 0.5) is 0 Å². The number of hydrogen-bond donors (Lipinski definition) is 0. The highest BCUT2D eigenvalue weighted by Gasteiger charge is 2.31. The van der Waals surface area contributed by atoms with E-state index in [0.717, 1.165) is 11.9 Å². The van der Waals surface area contributed by atoms with Gasteiger partial charge in [-0.05, 0) is 34.2 Å². The molecule has 1 heteroatoms. The predicted molar refractivity (Wildman–Crippen MR) is 72.8 cm³/mol. The molecule has 4 rings (SSSR count). The minimum absolute atomic E-state index is 0.518. The van der Waals surface area contributed by atoms with Crippen molar-refractivity contribution < 1.29 is 0 Å². The Balaban J connectivity index is 2.13. The van der Waals surface area contributed by atoms with E-state index < -0.39 is 0 Å². The van der Waals surface area contributed by atoms with Gasteiger partial charge in [0.25, 0.3) is 0 Å². The third-order valence-electron chi connectivity index (χ3n) is 3.95. The number of fused-ring (bicyclic) bond motifs is 3. The topological polar surface area (TPSA) is 0 Å². The third-order valence-corrected chi connectivity index (χ3v) is 3.95. The third kappa shape index (κ3) is 1.09. The van der Waals surface area contributed by atoms with Crippen LogP contribution in [0.5, 0.6) is 0 Å². The molecule has 0 spiro atoms. The molecular weight excluding hydrogens is 203 g/mol. The Hall–Kier alpha value is -1.76. The highest BCUT2D eigenvalue weighted by molar-refractivity contribution is 6.34. The molecule has 0 aliphatic heterocycles. The molecule has 0 bridgehead atoms. The van der Waals surface area contributed by atoms with Gasteiger partial charge in [-0.2, -0.15) is 0 Å². The fourth-order valence-electron chi connectivity index (χ4n) is 3.22. The minimum atomic E-state index is 0.518. The van der Waals surface area contributed by atoms with Gasteiger partial charge in [-0.15, -0.1) is 0 Å². The van der Waals surface area contributed by atoms with E-state index in [9.17, 15) is 0 Å². The molecule has 1 unspecified atom stereocenters. The fraction of sp³-hybridized carbons (Fsp3) is 0.125. The van der Waals surface area contributed by atoms with Gasteiger partial charge in [0.1, 0.15) is 7.85 Å². The number of allylic oxidation sites excluding steroid dienone is 1. The summed E-state index contributed by atoms with van der Waals surface area (Å²) in [6.45, 7) is 0. The Labute approximate surface area is 102 Å². The summed E-state index contributed by atoms with van der Waals surface area (Å²) in [7, 11) is 6.08. The molecule has 0 amide bonds. The zero-order valence-electron chi connectivity index (χ0n) is 9.48. The van der Waals surface area contributed by atoms with E-state index >= 15 is 0 Å². The lowest BCUT2D eigenvalue weighted by Gasteiger charge is -2.19. The van der Waals surface area contributed by atoms with Gasteiger partial charge in [0.2, 0.25) is 0 Å². The van der Waals surface area contributed by atoms with Crippen LogP contribution in [-0.4, -0.2) is 7.85 Å². The zero-order valence-corrected chi connectivity index (χ0v) is 9.48. The molecule has 2 radical (unpaired) electrons. The van der Waals surface area contributed by atoms with E-state index in [-0.39, 0.29) is 0 Å². The second-order valence-corrected chi connectivity index (χ2v) is 4.81. The van der Waals surface area contributed by atoms with Crippen molar-refractivity contribution in [3.63, 3.8) is 0 Å². The molecule has 0 fully saturated rings. The monoisotopic (exact) mass is 214 g/mol. The van der Waals surface area contributed by atoms with Crippen molar-refractivity contribution >= 4 is 19.4 Å². The maximum atomic E-state index is 6.08. The molecule has 78 valence electrons. The van der Waals surface area contributed by atoms with Gasteiger partial charge in [0.05, 0.1) is 0 Å². The van der Waals surface area contributed by atoms with Crippen LogP contribution in [0.1, 0.15) is 29.0 Å². The van der Waals surface area contributed by atoms with Gasteiger partial charge < -0.3 is 0 Å². The summed E-state index contributed by atoms with van der Waals surface area (Å²) >= 11 is 0. The molecule has 17 heavy (non-hydrogen) atoms. The molecule has 0 N–H and O–H groups in total. The zero-order chi connectivity index (χ0) is 11.4. The summed E-state index contributed by atoms with van der Waals surface area (Å²) in [4.78, 5) is 0. The van der Waals surface area contributed by atoms with E-state index in [1.807, 2.05) is 6.07 Å². The number of rotatable bonds is 0. The van der Waals surface area contributed by atoms with Gasteiger partial charge >= 0.3 is 0 Å².